The molecule has 1 aliphatic rings. The number of para-hydroxylation sites is 2. The number of rotatable bonds is 6. The first-order chi connectivity index (χ1) is 8.59. The minimum Gasteiger partial charge on any atom is -0.491 e. The molecule has 0 spiro atoms. The molecule has 0 unspecified atom stereocenters. The van der Waals surface area contributed by atoms with Crippen molar-refractivity contribution in [2.45, 2.75) is 20.8 Å². The molecule has 100 valence electrons. The van der Waals surface area contributed by atoms with Gasteiger partial charge in [0.15, 0.2) is 0 Å². The molecule has 2 rings (SSSR count). The van der Waals surface area contributed by atoms with Crippen LogP contribution in [0, 0.1) is 11.3 Å². The number of benzene rings is 1. The van der Waals surface area contributed by atoms with Crippen LogP contribution in [0.2, 0.25) is 0 Å². The SMILES string of the molecule is CC(C)COc1ccccc1NCC1(C)COC1. The molecule has 1 fully saturated rings. The lowest BCUT2D eigenvalue weighted by atomic mass is 9.88. The number of hydrogen-bond donors (Lipinski definition) is 1. The molecule has 0 amide bonds. The summed E-state index contributed by atoms with van der Waals surface area (Å²) in [5.41, 5.74) is 1.34. The molecular weight excluding hydrogens is 226 g/mol. The fourth-order valence-corrected chi connectivity index (χ4v) is 1.86. The van der Waals surface area contributed by atoms with E-state index in [1.54, 1.807) is 0 Å². The van der Waals surface area contributed by atoms with Gasteiger partial charge < -0.3 is 14.8 Å². The number of nitrogens with one attached hydrogen (secondary N) is 1. The van der Waals surface area contributed by atoms with E-state index < -0.39 is 0 Å². The molecule has 1 aromatic carbocycles. The molecule has 0 radical (unpaired) electrons. The first kappa shape index (κ1) is 13.2. The van der Waals surface area contributed by atoms with Crippen LogP contribution in [0.15, 0.2) is 24.3 Å². The third-order valence-corrected chi connectivity index (χ3v) is 3.07. The number of ether oxygens (including phenoxy) is 2. The predicted molar refractivity (Wildman–Crippen MR) is 74.2 cm³/mol. The van der Waals surface area contributed by atoms with Crippen LogP contribution in [0.1, 0.15) is 20.8 Å². The first-order valence-electron chi connectivity index (χ1n) is 6.62. The summed E-state index contributed by atoms with van der Waals surface area (Å²) in [6, 6.07) is 8.13. The second-order valence-electron chi connectivity index (χ2n) is 5.86. The minimum atomic E-state index is 0.269. The lowest BCUT2D eigenvalue weighted by molar-refractivity contribution is -0.0924. The standard InChI is InChI=1S/C15H23NO2/c1-12(2)8-18-14-7-5-4-6-13(14)16-9-15(3)10-17-11-15/h4-7,12,16H,8-11H2,1-3H3. The van der Waals surface area contributed by atoms with E-state index in [1.165, 1.54) is 0 Å². The highest BCUT2D eigenvalue weighted by atomic mass is 16.5. The molecule has 1 aromatic rings. The molecule has 0 aliphatic carbocycles. The molecule has 18 heavy (non-hydrogen) atoms. The van der Waals surface area contributed by atoms with Crippen molar-refractivity contribution in [1.82, 2.24) is 0 Å². The first-order valence-corrected chi connectivity index (χ1v) is 6.62. The van der Waals surface area contributed by atoms with Crippen molar-refractivity contribution in [3.63, 3.8) is 0 Å². The predicted octanol–water partition coefficient (Wildman–Crippen LogP) is 3.17. The number of hydrogen-bond acceptors (Lipinski definition) is 3. The Morgan fingerprint density at radius 2 is 2.06 bits per heavy atom. The molecular formula is C15H23NO2. The molecule has 1 aliphatic heterocycles. The average molecular weight is 249 g/mol. The Hall–Kier alpha value is -1.22. The molecule has 0 saturated carbocycles. The smallest absolute Gasteiger partial charge is 0.142 e. The van der Waals surface area contributed by atoms with Crippen LogP contribution in [0.5, 0.6) is 5.75 Å². The van der Waals surface area contributed by atoms with Crippen molar-refractivity contribution in [2.75, 3.05) is 31.7 Å². The van der Waals surface area contributed by atoms with E-state index in [2.05, 4.69) is 32.2 Å². The zero-order valence-corrected chi connectivity index (χ0v) is 11.5. The zero-order valence-electron chi connectivity index (χ0n) is 11.5. The quantitative estimate of drug-likeness (QED) is 0.840. The summed E-state index contributed by atoms with van der Waals surface area (Å²) in [5.74, 6) is 1.48. The largest absolute Gasteiger partial charge is 0.491 e. The van der Waals surface area contributed by atoms with Crippen LogP contribution in [0.3, 0.4) is 0 Å². The zero-order chi connectivity index (χ0) is 13.0. The van der Waals surface area contributed by atoms with E-state index in [-0.39, 0.29) is 5.41 Å². The average Bonchev–Trinajstić information content (AvgIpc) is 2.32. The van der Waals surface area contributed by atoms with Gasteiger partial charge in [-0.05, 0) is 18.1 Å². The van der Waals surface area contributed by atoms with Gasteiger partial charge in [0.25, 0.3) is 0 Å². The Bertz CT molecular complexity index is 386. The maximum absolute atomic E-state index is 5.82. The number of anilines is 1. The van der Waals surface area contributed by atoms with Crippen LogP contribution in [0.25, 0.3) is 0 Å². The van der Waals surface area contributed by atoms with Gasteiger partial charge in [-0.3, -0.25) is 0 Å². The van der Waals surface area contributed by atoms with Gasteiger partial charge in [-0.1, -0.05) is 32.9 Å². The summed E-state index contributed by atoms with van der Waals surface area (Å²) in [6.07, 6.45) is 0. The third-order valence-electron chi connectivity index (χ3n) is 3.07. The van der Waals surface area contributed by atoms with E-state index >= 15 is 0 Å². The van der Waals surface area contributed by atoms with Gasteiger partial charge in [0.05, 0.1) is 25.5 Å². The minimum absolute atomic E-state index is 0.269. The van der Waals surface area contributed by atoms with Crippen LogP contribution >= 0.6 is 0 Å². The molecule has 3 heteroatoms. The summed E-state index contributed by atoms with van der Waals surface area (Å²) in [4.78, 5) is 0. The van der Waals surface area contributed by atoms with Gasteiger partial charge >= 0.3 is 0 Å². The van der Waals surface area contributed by atoms with Crippen LogP contribution in [-0.4, -0.2) is 26.4 Å². The van der Waals surface area contributed by atoms with Gasteiger partial charge in [0.2, 0.25) is 0 Å². The second-order valence-corrected chi connectivity index (χ2v) is 5.86. The van der Waals surface area contributed by atoms with Crippen molar-refractivity contribution in [3.05, 3.63) is 24.3 Å². The molecule has 1 heterocycles. The molecule has 3 nitrogen and oxygen atoms in total. The van der Waals surface area contributed by atoms with E-state index in [9.17, 15) is 0 Å². The van der Waals surface area contributed by atoms with Gasteiger partial charge in [-0.15, -0.1) is 0 Å². The topological polar surface area (TPSA) is 30.5 Å². The Kier molecular flexibility index (Phi) is 4.12. The van der Waals surface area contributed by atoms with Gasteiger partial charge in [0, 0.05) is 12.0 Å². The Morgan fingerprint density at radius 1 is 1.33 bits per heavy atom. The van der Waals surface area contributed by atoms with Crippen molar-refractivity contribution >= 4 is 5.69 Å². The summed E-state index contributed by atoms with van der Waals surface area (Å²) >= 11 is 0. The summed E-state index contributed by atoms with van der Waals surface area (Å²) < 4.78 is 11.1. The fourth-order valence-electron chi connectivity index (χ4n) is 1.86. The van der Waals surface area contributed by atoms with E-state index in [1.807, 2.05) is 18.2 Å². The van der Waals surface area contributed by atoms with Crippen molar-refractivity contribution in [3.8, 4) is 5.75 Å². The molecule has 0 atom stereocenters. The fraction of sp³-hybridized carbons (Fsp3) is 0.600. The maximum atomic E-state index is 5.82. The molecule has 1 N–H and O–H groups in total. The molecule has 0 bridgehead atoms. The third kappa shape index (κ3) is 3.39. The highest BCUT2D eigenvalue weighted by Gasteiger charge is 2.33. The monoisotopic (exact) mass is 249 g/mol. The summed E-state index contributed by atoms with van der Waals surface area (Å²) in [5, 5.41) is 3.47. The lowest BCUT2D eigenvalue weighted by Gasteiger charge is -2.38. The van der Waals surface area contributed by atoms with Crippen molar-refractivity contribution in [1.29, 1.82) is 0 Å². The summed E-state index contributed by atoms with van der Waals surface area (Å²) in [7, 11) is 0. The van der Waals surface area contributed by atoms with Crippen molar-refractivity contribution in [2.24, 2.45) is 11.3 Å². The molecule has 0 aromatic heterocycles. The Balaban J connectivity index is 1.94. The summed E-state index contributed by atoms with van der Waals surface area (Å²) in [6.45, 7) is 9.91. The van der Waals surface area contributed by atoms with Crippen molar-refractivity contribution < 1.29 is 9.47 Å². The van der Waals surface area contributed by atoms with Crippen LogP contribution in [0.4, 0.5) is 5.69 Å². The highest BCUT2D eigenvalue weighted by molar-refractivity contribution is 5.56. The Morgan fingerprint density at radius 3 is 2.67 bits per heavy atom. The lowest BCUT2D eigenvalue weighted by Crippen LogP contribution is -2.45. The molecule has 1 saturated heterocycles. The maximum Gasteiger partial charge on any atom is 0.142 e. The van der Waals surface area contributed by atoms with E-state index in [4.69, 9.17) is 9.47 Å². The second kappa shape index (κ2) is 5.61. The van der Waals surface area contributed by atoms with E-state index in [0.717, 1.165) is 37.8 Å². The van der Waals surface area contributed by atoms with Gasteiger partial charge in [-0.25, -0.2) is 0 Å². The van der Waals surface area contributed by atoms with Gasteiger partial charge in [0.1, 0.15) is 5.75 Å². The normalized spacial score (nSPS) is 17.3. The van der Waals surface area contributed by atoms with Crippen LogP contribution < -0.4 is 10.1 Å². The van der Waals surface area contributed by atoms with Gasteiger partial charge in [-0.2, -0.15) is 0 Å². The van der Waals surface area contributed by atoms with E-state index in [0.29, 0.717) is 5.92 Å². The van der Waals surface area contributed by atoms with Crippen LogP contribution in [-0.2, 0) is 4.74 Å². The Labute approximate surface area is 109 Å². The highest BCUT2D eigenvalue weighted by Crippen LogP contribution is 2.30.